The molecule has 0 bridgehead atoms. The van der Waals surface area contributed by atoms with Crippen molar-refractivity contribution in [1.82, 2.24) is 4.90 Å². The van der Waals surface area contributed by atoms with Crippen LogP contribution < -0.4 is 9.47 Å². The van der Waals surface area contributed by atoms with Gasteiger partial charge in [-0.2, -0.15) is 0 Å². The molecule has 1 heterocycles. The zero-order chi connectivity index (χ0) is 21.8. The second kappa shape index (κ2) is 9.19. The van der Waals surface area contributed by atoms with Crippen molar-refractivity contribution < 1.29 is 28.9 Å². The van der Waals surface area contributed by atoms with E-state index in [-0.39, 0.29) is 24.5 Å². The first-order valence-corrected chi connectivity index (χ1v) is 9.56. The van der Waals surface area contributed by atoms with E-state index in [2.05, 4.69) is 0 Å². The largest absolute Gasteiger partial charge is 0.507 e. The molecule has 0 aromatic heterocycles. The first-order chi connectivity index (χ1) is 14.4. The fourth-order valence-electron chi connectivity index (χ4n) is 3.43. The van der Waals surface area contributed by atoms with Crippen molar-refractivity contribution >= 4 is 29.1 Å². The lowest BCUT2D eigenvalue weighted by molar-refractivity contribution is -0.140. The van der Waals surface area contributed by atoms with Gasteiger partial charge in [-0.1, -0.05) is 23.7 Å². The highest BCUT2D eigenvalue weighted by molar-refractivity contribution is 6.46. The molecule has 2 aromatic rings. The van der Waals surface area contributed by atoms with E-state index in [0.717, 1.165) is 0 Å². The Balaban J connectivity index is 2.16. The van der Waals surface area contributed by atoms with Crippen molar-refractivity contribution in [2.45, 2.75) is 6.04 Å². The summed E-state index contributed by atoms with van der Waals surface area (Å²) in [5.41, 5.74) is 0.971. The number of likely N-dealkylation sites (tertiary alicyclic amines) is 1. The molecule has 8 heteroatoms. The summed E-state index contributed by atoms with van der Waals surface area (Å²) in [6.07, 6.45) is 0. The number of ether oxygens (including phenoxy) is 3. The highest BCUT2D eigenvalue weighted by Crippen LogP contribution is 2.40. The number of nitrogens with zero attached hydrogens (tertiary/aromatic N) is 1. The monoisotopic (exact) mass is 431 g/mol. The van der Waals surface area contributed by atoms with E-state index in [4.69, 9.17) is 25.8 Å². The number of ketones is 1. The minimum Gasteiger partial charge on any atom is -0.507 e. The highest BCUT2D eigenvalue weighted by Gasteiger charge is 2.45. The molecule has 1 saturated heterocycles. The molecule has 1 N–H and O–H groups in total. The Labute approximate surface area is 179 Å². The second-order valence-corrected chi connectivity index (χ2v) is 7.04. The van der Waals surface area contributed by atoms with Gasteiger partial charge in [0.1, 0.15) is 5.76 Å². The molecule has 7 nitrogen and oxygen atoms in total. The number of carbonyl (C=O) groups excluding carboxylic acids is 2. The summed E-state index contributed by atoms with van der Waals surface area (Å²) in [5.74, 6) is -0.899. The van der Waals surface area contributed by atoms with Gasteiger partial charge in [-0.05, 0) is 35.9 Å². The zero-order valence-corrected chi connectivity index (χ0v) is 17.6. The number of rotatable bonds is 7. The van der Waals surface area contributed by atoms with Crippen LogP contribution in [0.1, 0.15) is 17.2 Å². The molecule has 1 amide bonds. The average Bonchev–Trinajstić information content (AvgIpc) is 3.01. The van der Waals surface area contributed by atoms with Crippen LogP contribution >= 0.6 is 11.6 Å². The van der Waals surface area contributed by atoms with Crippen LogP contribution in [0.4, 0.5) is 0 Å². The number of amides is 1. The maximum atomic E-state index is 12.9. The third kappa shape index (κ3) is 3.99. The number of hydrogen-bond acceptors (Lipinski definition) is 6. The Hall–Kier alpha value is -3.03. The fourth-order valence-corrected chi connectivity index (χ4v) is 3.56. The first kappa shape index (κ1) is 21.7. The molecule has 3 rings (SSSR count). The Morgan fingerprint density at radius 2 is 1.70 bits per heavy atom. The molecule has 1 unspecified atom stereocenters. The first-order valence-electron chi connectivity index (χ1n) is 9.18. The number of hydrogen-bond donors (Lipinski definition) is 1. The number of carbonyl (C=O) groups is 2. The van der Waals surface area contributed by atoms with Gasteiger partial charge < -0.3 is 24.2 Å². The topological polar surface area (TPSA) is 85.3 Å². The molecule has 1 aliphatic rings. The molecular weight excluding hydrogens is 410 g/mol. The van der Waals surface area contributed by atoms with Crippen LogP contribution in [-0.4, -0.2) is 56.2 Å². The number of halogens is 1. The third-order valence-corrected chi connectivity index (χ3v) is 5.17. The Bertz CT molecular complexity index is 986. The van der Waals surface area contributed by atoms with Crippen molar-refractivity contribution in [3.05, 3.63) is 64.2 Å². The SMILES string of the molecule is COCCN1C(=O)C(=O)/C(=C(\O)c2ccc(OC)c(OC)c2)C1c1ccc(Cl)cc1. The summed E-state index contributed by atoms with van der Waals surface area (Å²) >= 11 is 6.00. The third-order valence-electron chi connectivity index (χ3n) is 4.92. The van der Waals surface area contributed by atoms with Crippen molar-refractivity contribution in [3.8, 4) is 11.5 Å². The molecular formula is C22H22ClNO6. The second-order valence-electron chi connectivity index (χ2n) is 6.61. The molecule has 2 aromatic carbocycles. The van der Waals surface area contributed by atoms with E-state index in [1.165, 1.54) is 26.2 Å². The van der Waals surface area contributed by atoms with Gasteiger partial charge in [-0.3, -0.25) is 9.59 Å². The van der Waals surface area contributed by atoms with Crippen molar-refractivity contribution in [3.63, 3.8) is 0 Å². The lowest BCUT2D eigenvalue weighted by Gasteiger charge is -2.25. The Kier molecular flexibility index (Phi) is 6.64. The Morgan fingerprint density at radius 1 is 1.03 bits per heavy atom. The molecule has 1 aliphatic heterocycles. The van der Waals surface area contributed by atoms with Crippen LogP contribution in [0.3, 0.4) is 0 Å². The number of benzene rings is 2. The van der Waals surface area contributed by atoms with Gasteiger partial charge in [-0.15, -0.1) is 0 Å². The smallest absolute Gasteiger partial charge is 0.295 e. The number of Topliss-reactive ketones (excluding diaryl/α,β-unsaturated/α-hetero) is 1. The van der Waals surface area contributed by atoms with Gasteiger partial charge in [-0.25, -0.2) is 0 Å². The molecule has 1 fully saturated rings. The standard InChI is InChI=1S/C22H22ClNO6/c1-28-11-10-24-19(13-4-7-15(23)8-5-13)18(21(26)22(24)27)20(25)14-6-9-16(29-2)17(12-14)30-3/h4-9,12,19,25H,10-11H2,1-3H3/b20-18-. The summed E-state index contributed by atoms with van der Waals surface area (Å²) in [5, 5.41) is 11.6. The summed E-state index contributed by atoms with van der Waals surface area (Å²) in [4.78, 5) is 27.0. The van der Waals surface area contributed by atoms with E-state index in [1.54, 1.807) is 42.5 Å². The quantitative estimate of drug-likeness (QED) is 0.410. The van der Waals surface area contributed by atoms with Gasteiger partial charge in [0.2, 0.25) is 0 Å². The maximum Gasteiger partial charge on any atom is 0.295 e. The minimum atomic E-state index is -0.773. The summed E-state index contributed by atoms with van der Waals surface area (Å²) in [6.45, 7) is 0.435. The van der Waals surface area contributed by atoms with Gasteiger partial charge in [0.15, 0.2) is 11.5 Å². The van der Waals surface area contributed by atoms with Crippen molar-refractivity contribution in [2.24, 2.45) is 0 Å². The molecule has 0 radical (unpaired) electrons. The minimum absolute atomic E-state index is 0.00866. The summed E-state index contributed by atoms with van der Waals surface area (Å²) in [6, 6.07) is 10.8. The molecule has 30 heavy (non-hydrogen) atoms. The molecule has 0 spiro atoms. The normalized spacial score (nSPS) is 18.0. The Morgan fingerprint density at radius 3 is 2.30 bits per heavy atom. The van der Waals surface area contributed by atoms with E-state index in [9.17, 15) is 14.7 Å². The molecule has 0 saturated carbocycles. The highest BCUT2D eigenvalue weighted by atomic mass is 35.5. The van der Waals surface area contributed by atoms with Crippen molar-refractivity contribution in [1.29, 1.82) is 0 Å². The average molecular weight is 432 g/mol. The van der Waals surface area contributed by atoms with Crippen LogP contribution in [0.2, 0.25) is 5.02 Å². The van der Waals surface area contributed by atoms with Crippen molar-refractivity contribution in [2.75, 3.05) is 34.5 Å². The summed E-state index contributed by atoms with van der Waals surface area (Å²) in [7, 11) is 4.48. The van der Waals surface area contributed by atoms with Crippen LogP contribution in [-0.2, 0) is 14.3 Å². The lowest BCUT2D eigenvalue weighted by Crippen LogP contribution is -2.32. The predicted molar refractivity (Wildman–Crippen MR) is 112 cm³/mol. The zero-order valence-electron chi connectivity index (χ0n) is 16.8. The predicted octanol–water partition coefficient (Wildman–Crippen LogP) is 3.43. The van der Waals surface area contributed by atoms with Crippen LogP contribution in [0.25, 0.3) is 5.76 Å². The van der Waals surface area contributed by atoms with Gasteiger partial charge >= 0.3 is 0 Å². The maximum absolute atomic E-state index is 12.9. The van der Waals surface area contributed by atoms with Gasteiger partial charge in [0.25, 0.3) is 11.7 Å². The molecule has 158 valence electrons. The van der Waals surface area contributed by atoms with E-state index in [1.807, 2.05) is 0 Å². The number of aliphatic hydroxyl groups excluding tert-OH is 1. The van der Waals surface area contributed by atoms with E-state index in [0.29, 0.717) is 27.6 Å². The number of aliphatic hydroxyl groups is 1. The van der Waals surface area contributed by atoms with Crippen LogP contribution in [0.5, 0.6) is 11.5 Å². The molecule has 1 atom stereocenters. The van der Waals surface area contributed by atoms with E-state index >= 15 is 0 Å². The summed E-state index contributed by atoms with van der Waals surface area (Å²) < 4.78 is 15.6. The van der Waals surface area contributed by atoms with E-state index < -0.39 is 17.7 Å². The fraction of sp³-hybridized carbons (Fsp3) is 0.273. The lowest BCUT2D eigenvalue weighted by atomic mass is 9.95. The van der Waals surface area contributed by atoms with Gasteiger partial charge in [0.05, 0.1) is 32.4 Å². The molecule has 0 aliphatic carbocycles. The van der Waals surface area contributed by atoms with Gasteiger partial charge in [0, 0.05) is 24.2 Å². The van der Waals surface area contributed by atoms with Crippen LogP contribution in [0, 0.1) is 0 Å². The van der Waals surface area contributed by atoms with Crippen LogP contribution in [0.15, 0.2) is 48.0 Å². The number of methoxy groups -OCH3 is 3.